The van der Waals surface area contributed by atoms with Gasteiger partial charge in [0.25, 0.3) is 0 Å². The van der Waals surface area contributed by atoms with Gasteiger partial charge in [-0.05, 0) is 39.7 Å². The van der Waals surface area contributed by atoms with E-state index in [9.17, 15) is 22.4 Å². The van der Waals surface area contributed by atoms with Crippen molar-refractivity contribution in [3.8, 4) is 0 Å². The Morgan fingerprint density at radius 2 is 1.70 bits per heavy atom. The Hall–Kier alpha value is -1.69. The zero-order chi connectivity index (χ0) is 14.9. The van der Waals surface area contributed by atoms with Gasteiger partial charge >= 0.3 is 0 Å². The molecule has 0 atom stereocenters. The van der Waals surface area contributed by atoms with E-state index in [1.807, 2.05) is 0 Å². The van der Waals surface area contributed by atoms with Crippen molar-refractivity contribution in [2.24, 2.45) is 0 Å². The first kappa shape index (κ1) is 14.7. The molecule has 6 heteroatoms. The van der Waals surface area contributed by atoms with Crippen LogP contribution in [0, 0.1) is 23.3 Å². The predicted molar refractivity (Wildman–Crippen MR) is 68.5 cm³/mol. The van der Waals surface area contributed by atoms with Gasteiger partial charge in [0.2, 0.25) is 0 Å². The van der Waals surface area contributed by atoms with Crippen LogP contribution in [0.15, 0.2) is 34.8 Å². The third-order valence-corrected chi connectivity index (χ3v) is 3.48. The van der Waals surface area contributed by atoms with Crippen LogP contribution < -0.4 is 0 Å². The number of halogens is 5. The molecular weight excluding hydrogens is 340 g/mol. The highest BCUT2D eigenvalue weighted by Crippen LogP contribution is 2.24. The Kier molecular flexibility index (Phi) is 4.23. The molecule has 0 unspecified atom stereocenters. The van der Waals surface area contributed by atoms with Crippen molar-refractivity contribution in [3.63, 3.8) is 0 Å². The van der Waals surface area contributed by atoms with E-state index in [1.54, 1.807) is 0 Å². The maximum Gasteiger partial charge on any atom is 0.173 e. The van der Waals surface area contributed by atoms with Crippen LogP contribution in [0.1, 0.15) is 15.9 Å². The Labute approximate surface area is 120 Å². The van der Waals surface area contributed by atoms with Crippen LogP contribution in [0.4, 0.5) is 17.6 Å². The minimum absolute atomic E-state index is 0.0203. The summed E-state index contributed by atoms with van der Waals surface area (Å²) in [5.74, 6) is -4.51. The number of carbonyl (C=O) groups is 1. The van der Waals surface area contributed by atoms with Crippen molar-refractivity contribution in [3.05, 3.63) is 69.2 Å². The highest BCUT2D eigenvalue weighted by Gasteiger charge is 2.18. The molecule has 0 aliphatic carbocycles. The third kappa shape index (κ3) is 2.90. The largest absolute Gasteiger partial charge is 0.294 e. The molecule has 0 saturated heterocycles. The lowest BCUT2D eigenvalue weighted by Crippen LogP contribution is -2.08. The minimum atomic E-state index is -1.18. The number of benzene rings is 2. The zero-order valence-corrected chi connectivity index (χ0v) is 11.5. The maximum absolute atomic E-state index is 13.4. The second-order valence-electron chi connectivity index (χ2n) is 4.06. The van der Waals surface area contributed by atoms with E-state index in [0.717, 1.165) is 24.3 Å². The standard InChI is InChI=1S/C14H7BrF4O/c15-13-9(3-4-10(17)14(13)19)12(20)5-7-1-2-8(16)6-11(7)18/h1-4,6H,5H2. The normalized spacial score (nSPS) is 10.7. The summed E-state index contributed by atoms with van der Waals surface area (Å²) in [4.78, 5) is 12.0. The first-order chi connectivity index (χ1) is 9.40. The summed E-state index contributed by atoms with van der Waals surface area (Å²) in [5, 5.41) is 0. The van der Waals surface area contributed by atoms with E-state index >= 15 is 0 Å². The average Bonchev–Trinajstić information content (AvgIpc) is 2.39. The Bertz CT molecular complexity index is 685. The van der Waals surface area contributed by atoms with Gasteiger partial charge in [0.15, 0.2) is 17.4 Å². The average molecular weight is 347 g/mol. The Morgan fingerprint density at radius 1 is 1.00 bits per heavy atom. The molecule has 0 radical (unpaired) electrons. The van der Waals surface area contributed by atoms with Gasteiger partial charge in [-0.25, -0.2) is 17.6 Å². The molecule has 0 bridgehead atoms. The van der Waals surface area contributed by atoms with Gasteiger partial charge in [0.1, 0.15) is 11.6 Å². The highest BCUT2D eigenvalue weighted by atomic mass is 79.9. The van der Waals surface area contributed by atoms with E-state index in [2.05, 4.69) is 15.9 Å². The first-order valence-electron chi connectivity index (χ1n) is 5.50. The lowest BCUT2D eigenvalue weighted by Gasteiger charge is -2.06. The quantitative estimate of drug-likeness (QED) is 0.456. The molecule has 2 aromatic rings. The van der Waals surface area contributed by atoms with Gasteiger partial charge < -0.3 is 0 Å². The van der Waals surface area contributed by atoms with Crippen molar-refractivity contribution in [1.82, 2.24) is 0 Å². The first-order valence-corrected chi connectivity index (χ1v) is 6.30. The van der Waals surface area contributed by atoms with Gasteiger partial charge in [-0.1, -0.05) is 6.07 Å². The summed E-state index contributed by atoms with van der Waals surface area (Å²) in [6, 6.07) is 4.73. The predicted octanol–water partition coefficient (Wildman–Crippen LogP) is 4.43. The summed E-state index contributed by atoms with van der Waals surface area (Å²) in [6.07, 6.45) is -0.379. The maximum atomic E-state index is 13.4. The number of hydrogen-bond acceptors (Lipinski definition) is 1. The van der Waals surface area contributed by atoms with Crippen LogP contribution in [-0.2, 0) is 6.42 Å². The molecule has 0 spiro atoms. The summed E-state index contributed by atoms with van der Waals surface area (Å²) in [6.45, 7) is 0. The Balaban J connectivity index is 2.31. The fourth-order valence-electron chi connectivity index (χ4n) is 1.67. The molecule has 104 valence electrons. The van der Waals surface area contributed by atoms with Crippen LogP contribution in [0.2, 0.25) is 0 Å². The number of hydrogen-bond donors (Lipinski definition) is 0. The lowest BCUT2D eigenvalue weighted by molar-refractivity contribution is 0.0990. The third-order valence-electron chi connectivity index (χ3n) is 2.70. The number of carbonyl (C=O) groups excluding carboxylic acids is 1. The van der Waals surface area contributed by atoms with E-state index in [4.69, 9.17) is 0 Å². The fraction of sp³-hybridized carbons (Fsp3) is 0.0714. The van der Waals surface area contributed by atoms with Gasteiger partial charge in [0.05, 0.1) is 4.47 Å². The van der Waals surface area contributed by atoms with Crippen molar-refractivity contribution < 1.29 is 22.4 Å². The van der Waals surface area contributed by atoms with Crippen LogP contribution >= 0.6 is 15.9 Å². The fourth-order valence-corrected chi connectivity index (χ4v) is 2.22. The molecule has 2 aromatic carbocycles. The van der Waals surface area contributed by atoms with E-state index in [0.29, 0.717) is 6.07 Å². The van der Waals surface area contributed by atoms with Gasteiger partial charge in [-0.2, -0.15) is 0 Å². The molecule has 0 N–H and O–H groups in total. The summed E-state index contributed by atoms with van der Waals surface area (Å²) < 4.78 is 52.1. The monoisotopic (exact) mass is 346 g/mol. The molecule has 0 amide bonds. The van der Waals surface area contributed by atoms with Crippen LogP contribution in [0.5, 0.6) is 0 Å². The van der Waals surface area contributed by atoms with Crippen molar-refractivity contribution in [1.29, 1.82) is 0 Å². The molecule has 1 nitrogen and oxygen atoms in total. The van der Waals surface area contributed by atoms with Crippen LogP contribution in [0.25, 0.3) is 0 Å². The molecule has 20 heavy (non-hydrogen) atoms. The van der Waals surface area contributed by atoms with Crippen LogP contribution in [0.3, 0.4) is 0 Å². The molecule has 0 aliphatic rings. The van der Waals surface area contributed by atoms with Gasteiger partial charge in [-0.15, -0.1) is 0 Å². The highest BCUT2D eigenvalue weighted by molar-refractivity contribution is 9.10. The van der Waals surface area contributed by atoms with E-state index in [1.165, 1.54) is 0 Å². The van der Waals surface area contributed by atoms with Crippen molar-refractivity contribution >= 4 is 21.7 Å². The van der Waals surface area contributed by atoms with E-state index < -0.39 is 29.1 Å². The SMILES string of the molecule is O=C(Cc1ccc(F)cc1F)c1ccc(F)c(F)c1Br. The molecule has 0 aliphatic heterocycles. The van der Waals surface area contributed by atoms with Crippen LogP contribution in [-0.4, -0.2) is 5.78 Å². The molecule has 2 rings (SSSR count). The summed E-state index contributed by atoms with van der Waals surface area (Å²) >= 11 is 2.79. The van der Waals surface area contributed by atoms with E-state index in [-0.39, 0.29) is 22.0 Å². The summed E-state index contributed by atoms with van der Waals surface area (Å²) in [7, 11) is 0. The smallest absolute Gasteiger partial charge is 0.173 e. The molecule has 0 aromatic heterocycles. The second kappa shape index (κ2) is 5.75. The lowest BCUT2D eigenvalue weighted by atomic mass is 10.0. The minimum Gasteiger partial charge on any atom is -0.294 e. The molecular formula is C14H7BrF4O. The second-order valence-corrected chi connectivity index (χ2v) is 4.85. The number of Topliss-reactive ketones (excluding diaryl/α,β-unsaturated/α-hetero) is 1. The van der Waals surface area contributed by atoms with Crippen molar-refractivity contribution in [2.75, 3.05) is 0 Å². The van der Waals surface area contributed by atoms with Gasteiger partial charge in [0, 0.05) is 18.1 Å². The van der Waals surface area contributed by atoms with Crippen molar-refractivity contribution in [2.45, 2.75) is 6.42 Å². The number of ketones is 1. The zero-order valence-electron chi connectivity index (χ0n) is 9.89. The number of rotatable bonds is 3. The molecule has 0 fully saturated rings. The summed E-state index contributed by atoms with van der Waals surface area (Å²) in [5.41, 5.74) is -0.124. The molecule has 0 saturated carbocycles. The topological polar surface area (TPSA) is 17.1 Å². The van der Waals surface area contributed by atoms with Gasteiger partial charge in [-0.3, -0.25) is 4.79 Å². The molecule has 0 heterocycles. The Morgan fingerprint density at radius 3 is 2.35 bits per heavy atom.